The van der Waals surface area contributed by atoms with Gasteiger partial charge in [0.2, 0.25) is 0 Å². The molecule has 0 N–H and O–H groups in total. The van der Waals surface area contributed by atoms with Gasteiger partial charge in [-0.1, -0.05) is 12.6 Å². The molecule has 0 aromatic heterocycles. The summed E-state index contributed by atoms with van der Waals surface area (Å²) < 4.78 is 0. The molecule has 5 heteroatoms. The van der Waals surface area contributed by atoms with E-state index in [1.165, 1.54) is 5.40 Å². The zero-order valence-electron chi connectivity index (χ0n) is 2.92. The molecular weight excluding hydrogens is 248 g/mol. The Morgan fingerprint density at radius 3 is 1.33 bits per heavy atom. The van der Waals surface area contributed by atoms with E-state index in [1.807, 2.05) is 0 Å². The van der Waals surface area contributed by atoms with Crippen LogP contribution in [0.4, 0.5) is 0 Å². The summed E-state index contributed by atoms with van der Waals surface area (Å²) in [6.45, 7) is 0. The van der Waals surface area contributed by atoms with Crippen molar-refractivity contribution < 1.29 is 0 Å². The van der Waals surface area contributed by atoms with E-state index < -0.39 is 0 Å². The second-order valence-electron chi connectivity index (χ2n) is 0.100. The number of hydrogen-bond acceptors (Lipinski definition) is 2. The SMILES string of the molecule is Cl.Cl.N#CS.[SnH2]. The first-order chi connectivity index (χ1) is 1.41. The monoisotopic (exact) mass is 253 g/mol. The summed E-state index contributed by atoms with van der Waals surface area (Å²) in [5.74, 6) is 0. The van der Waals surface area contributed by atoms with Gasteiger partial charge in [-0.2, -0.15) is 5.26 Å². The van der Waals surface area contributed by atoms with E-state index in [0.29, 0.717) is 0 Å². The summed E-state index contributed by atoms with van der Waals surface area (Å²) >= 11 is 3.09. The number of nitriles is 1. The fourth-order valence-electron chi connectivity index (χ4n) is 0. The summed E-state index contributed by atoms with van der Waals surface area (Å²) in [5.41, 5.74) is 0. The van der Waals surface area contributed by atoms with E-state index >= 15 is 0 Å². The third-order valence-corrected chi connectivity index (χ3v) is 0. The van der Waals surface area contributed by atoms with Crippen molar-refractivity contribution in [2.24, 2.45) is 0 Å². The topological polar surface area (TPSA) is 23.8 Å². The van der Waals surface area contributed by atoms with Crippen molar-refractivity contribution >= 4 is 61.4 Å². The Bertz CT molecular complexity index is 35.0. The quantitative estimate of drug-likeness (QED) is 0.375. The van der Waals surface area contributed by atoms with Crippen molar-refractivity contribution in [1.29, 1.82) is 5.26 Å². The summed E-state index contributed by atoms with van der Waals surface area (Å²) in [5, 5.41) is 8.63. The van der Waals surface area contributed by atoms with Crippen LogP contribution in [0.25, 0.3) is 0 Å². The molecule has 0 amide bonds. The Labute approximate surface area is 71.7 Å². The van der Waals surface area contributed by atoms with E-state index in [9.17, 15) is 0 Å². The van der Waals surface area contributed by atoms with E-state index in [1.54, 1.807) is 0 Å². The average Bonchev–Trinajstić information content (AvgIpc) is 0.918. The Kier molecular flexibility index (Phi) is 155. The van der Waals surface area contributed by atoms with Crippen LogP contribution in [-0.4, -0.2) is 23.9 Å². The molecule has 0 atom stereocenters. The minimum absolute atomic E-state index is 0. The summed E-state index contributed by atoms with van der Waals surface area (Å²) in [4.78, 5) is 0. The molecule has 0 rings (SSSR count). The van der Waals surface area contributed by atoms with Gasteiger partial charge in [-0.15, -0.1) is 24.8 Å². The first-order valence-corrected chi connectivity index (χ1v) is 0.894. The molecule has 0 aromatic rings. The van der Waals surface area contributed by atoms with Crippen LogP contribution >= 0.6 is 37.4 Å². The summed E-state index contributed by atoms with van der Waals surface area (Å²) in [6.07, 6.45) is 0. The Morgan fingerprint density at radius 2 is 1.33 bits per heavy atom. The molecule has 0 aromatic carbocycles. The van der Waals surface area contributed by atoms with E-state index in [-0.39, 0.29) is 48.7 Å². The van der Waals surface area contributed by atoms with Gasteiger partial charge in [0.25, 0.3) is 0 Å². The Balaban J connectivity index is -0.00000000667. The molecule has 0 saturated heterocycles. The van der Waals surface area contributed by atoms with Crippen molar-refractivity contribution in [2.75, 3.05) is 0 Å². The predicted octanol–water partition coefficient (Wildman–Crippen LogP) is 0.325. The third-order valence-electron chi connectivity index (χ3n) is 0. The van der Waals surface area contributed by atoms with Gasteiger partial charge in [0.1, 0.15) is 5.40 Å². The molecule has 6 heavy (non-hydrogen) atoms. The standard InChI is InChI=1S/CHNS.2ClH.Sn.2H/c2-1-3;;;;;/h3H;2*1H;;;. The molecule has 38 valence electrons. The van der Waals surface area contributed by atoms with Crippen molar-refractivity contribution in [2.45, 2.75) is 0 Å². The van der Waals surface area contributed by atoms with Crippen LogP contribution < -0.4 is 0 Å². The normalized spacial score (nSPS) is 1.33. The molecule has 0 fully saturated rings. The molecule has 0 saturated carbocycles. The summed E-state index contributed by atoms with van der Waals surface area (Å²) in [7, 11) is 0. The second-order valence-corrected chi connectivity index (χ2v) is 0.300. The predicted molar refractivity (Wildman–Crippen MR) is 37.6 cm³/mol. The van der Waals surface area contributed by atoms with Gasteiger partial charge >= 0.3 is 23.9 Å². The van der Waals surface area contributed by atoms with Crippen LogP contribution in [0.1, 0.15) is 0 Å². The average molecular weight is 253 g/mol. The van der Waals surface area contributed by atoms with Crippen molar-refractivity contribution in [3.05, 3.63) is 0 Å². The molecule has 0 aliphatic rings. The minimum atomic E-state index is 0. The van der Waals surface area contributed by atoms with Gasteiger partial charge in [-0.05, 0) is 0 Å². The molecule has 0 aliphatic heterocycles. The van der Waals surface area contributed by atoms with Gasteiger partial charge in [-0.3, -0.25) is 0 Å². The van der Waals surface area contributed by atoms with Gasteiger partial charge in [0.15, 0.2) is 0 Å². The number of thiocyanates is 1. The first-order valence-electron chi connectivity index (χ1n) is 0.447. The van der Waals surface area contributed by atoms with Crippen molar-refractivity contribution in [3.8, 4) is 5.40 Å². The zero-order chi connectivity index (χ0) is 2.71. The Morgan fingerprint density at radius 1 is 1.33 bits per heavy atom. The Hall–Kier alpha value is 1.22. The molecule has 2 radical (unpaired) electrons. The molecule has 0 bridgehead atoms. The van der Waals surface area contributed by atoms with Gasteiger partial charge < -0.3 is 0 Å². The molecule has 1 nitrogen and oxygen atoms in total. The van der Waals surface area contributed by atoms with Crippen LogP contribution in [0, 0.1) is 10.7 Å². The molecule has 0 spiro atoms. The van der Waals surface area contributed by atoms with Gasteiger partial charge in [0, 0.05) is 0 Å². The summed E-state index contributed by atoms with van der Waals surface area (Å²) in [6, 6.07) is 0. The molecule has 0 aliphatic carbocycles. The number of hydrogen-bond donors (Lipinski definition) is 1. The van der Waals surface area contributed by atoms with E-state index in [2.05, 4.69) is 12.6 Å². The molecule has 0 heterocycles. The van der Waals surface area contributed by atoms with Gasteiger partial charge in [-0.25, -0.2) is 0 Å². The van der Waals surface area contributed by atoms with Crippen molar-refractivity contribution in [1.82, 2.24) is 0 Å². The van der Waals surface area contributed by atoms with E-state index in [4.69, 9.17) is 5.26 Å². The van der Waals surface area contributed by atoms with Crippen LogP contribution in [-0.2, 0) is 0 Å². The maximum absolute atomic E-state index is 7.18. The second kappa shape index (κ2) is 34.4. The number of rotatable bonds is 0. The molecular formula is CH5Cl2NSSn. The first kappa shape index (κ1) is 26.9. The molecule has 0 unspecified atom stereocenters. The number of halogens is 2. The van der Waals surface area contributed by atoms with E-state index in [0.717, 1.165) is 0 Å². The zero-order valence-corrected chi connectivity index (χ0v) is 9.48. The fraction of sp³-hybridized carbons (Fsp3) is 0. The van der Waals surface area contributed by atoms with Crippen LogP contribution in [0.15, 0.2) is 0 Å². The maximum atomic E-state index is 7.18. The van der Waals surface area contributed by atoms with Crippen molar-refractivity contribution in [3.63, 3.8) is 0 Å². The number of thiol groups is 1. The third kappa shape index (κ3) is 62.5. The van der Waals surface area contributed by atoms with Crippen LogP contribution in [0.5, 0.6) is 0 Å². The van der Waals surface area contributed by atoms with Crippen LogP contribution in [0.3, 0.4) is 0 Å². The number of nitrogens with zero attached hydrogens (tertiary/aromatic N) is 1. The van der Waals surface area contributed by atoms with Crippen LogP contribution in [0.2, 0.25) is 0 Å². The fourth-order valence-corrected chi connectivity index (χ4v) is 0. The van der Waals surface area contributed by atoms with Gasteiger partial charge in [0.05, 0.1) is 0 Å².